The van der Waals surface area contributed by atoms with Crippen LogP contribution >= 0.6 is 0 Å². The van der Waals surface area contributed by atoms with Crippen molar-refractivity contribution in [1.82, 2.24) is 0 Å². The molecule has 0 bridgehead atoms. The van der Waals surface area contributed by atoms with Gasteiger partial charge in [0.2, 0.25) is 0 Å². The molecule has 0 atom stereocenters. The molecule has 0 aliphatic carbocycles. The Morgan fingerprint density at radius 1 is 1.42 bits per heavy atom. The Bertz CT molecular complexity index is 184. The number of hydrogen-bond acceptors (Lipinski definition) is 4. The van der Waals surface area contributed by atoms with E-state index in [4.69, 9.17) is 0 Å². The Balaban J connectivity index is 3.81. The maximum atomic E-state index is 12.0. The van der Waals surface area contributed by atoms with Gasteiger partial charge < -0.3 is 9.47 Å². The van der Waals surface area contributed by atoms with Crippen LogP contribution in [0.5, 0.6) is 0 Å². The van der Waals surface area contributed by atoms with Crippen LogP contribution in [-0.4, -0.2) is 31.6 Å². The lowest BCUT2D eigenvalue weighted by Crippen LogP contribution is -2.29. The lowest BCUT2D eigenvalue weighted by molar-refractivity contribution is -0.174. The molecule has 70 valence electrons. The number of methoxy groups -OCH3 is 1. The standard InChI is InChI=1S/C6H8F2O4/c1-6(7,8)5(10)12-3-4(9)11-2/h3H2,1-2H3. The summed E-state index contributed by atoms with van der Waals surface area (Å²) >= 11 is 0. The Labute approximate surface area is 67.4 Å². The Morgan fingerprint density at radius 2 is 1.92 bits per heavy atom. The molecule has 0 amide bonds. The zero-order valence-electron chi connectivity index (χ0n) is 6.60. The van der Waals surface area contributed by atoms with E-state index in [-0.39, 0.29) is 0 Å². The van der Waals surface area contributed by atoms with Crippen molar-refractivity contribution in [1.29, 1.82) is 0 Å². The molecule has 12 heavy (non-hydrogen) atoms. The van der Waals surface area contributed by atoms with Crippen LogP contribution in [0.3, 0.4) is 0 Å². The van der Waals surface area contributed by atoms with Gasteiger partial charge in [-0.05, 0) is 0 Å². The van der Waals surface area contributed by atoms with Crippen LogP contribution < -0.4 is 0 Å². The fraction of sp³-hybridized carbons (Fsp3) is 0.667. The number of esters is 2. The third-order valence-corrected chi connectivity index (χ3v) is 0.907. The van der Waals surface area contributed by atoms with Gasteiger partial charge in [0.05, 0.1) is 7.11 Å². The van der Waals surface area contributed by atoms with Gasteiger partial charge in [0.1, 0.15) is 0 Å². The third kappa shape index (κ3) is 3.85. The zero-order valence-corrected chi connectivity index (χ0v) is 6.60. The fourth-order valence-electron chi connectivity index (χ4n) is 0.310. The predicted molar refractivity (Wildman–Crippen MR) is 33.6 cm³/mol. The number of ether oxygens (including phenoxy) is 2. The van der Waals surface area contributed by atoms with Crippen LogP contribution in [0.4, 0.5) is 8.78 Å². The number of halogens is 2. The summed E-state index contributed by atoms with van der Waals surface area (Å²) in [5.41, 5.74) is 0. The molecule has 0 fully saturated rings. The molecule has 0 saturated carbocycles. The van der Waals surface area contributed by atoms with E-state index in [2.05, 4.69) is 9.47 Å². The van der Waals surface area contributed by atoms with E-state index < -0.39 is 24.5 Å². The second-order valence-corrected chi connectivity index (χ2v) is 2.04. The second-order valence-electron chi connectivity index (χ2n) is 2.04. The average Bonchev–Trinajstić information content (AvgIpc) is 1.97. The second kappa shape index (κ2) is 3.99. The van der Waals surface area contributed by atoms with Crippen molar-refractivity contribution in [2.24, 2.45) is 0 Å². The minimum absolute atomic E-state index is 0.382. The molecule has 0 rings (SSSR count). The summed E-state index contributed by atoms with van der Waals surface area (Å²) in [4.78, 5) is 20.6. The Kier molecular flexibility index (Phi) is 3.59. The highest BCUT2D eigenvalue weighted by Gasteiger charge is 2.34. The van der Waals surface area contributed by atoms with Gasteiger partial charge in [-0.25, -0.2) is 9.59 Å². The Hall–Kier alpha value is -1.20. The molecule has 0 unspecified atom stereocenters. The minimum Gasteiger partial charge on any atom is -0.466 e. The summed E-state index contributed by atoms with van der Waals surface area (Å²) in [5, 5.41) is 0. The predicted octanol–water partition coefficient (Wildman–Crippen LogP) is 0.358. The van der Waals surface area contributed by atoms with Gasteiger partial charge in [-0.3, -0.25) is 0 Å². The fourth-order valence-corrected chi connectivity index (χ4v) is 0.310. The van der Waals surface area contributed by atoms with Crippen LogP contribution in [0.1, 0.15) is 6.92 Å². The van der Waals surface area contributed by atoms with Crippen molar-refractivity contribution in [2.75, 3.05) is 13.7 Å². The first-order chi connectivity index (χ1) is 5.38. The van der Waals surface area contributed by atoms with Gasteiger partial charge in [-0.15, -0.1) is 0 Å². The molecular weight excluding hydrogens is 174 g/mol. The van der Waals surface area contributed by atoms with Crippen LogP contribution in [0.25, 0.3) is 0 Å². The molecule has 0 aromatic rings. The van der Waals surface area contributed by atoms with Crippen molar-refractivity contribution >= 4 is 11.9 Å². The maximum Gasteiger partial charge on any atom is 0.377 e. The van der Waals surface area contributed by atoms with Crippen molar-refractivity contribution in [3.05, 3.63) is 0 Å². The number of hydrogen-bond donors (Lipinski definition) is 0. The number of carbonyl (C=O) groups is 2. The molecule has 0 radical (unpaired) electrons. The molecule has 0 heterocycles. The van der Waals surface area contributed by atoms with Crippen molar-refractivity contribution < 1.29 is 27.8 Å². The van der Waals surface area contributed by atoms with E-state index in [1.165, 1.54) is 0 Å². The van der Waals surface area contributed by atoms with Crippen LogP contribution in [0.15, 0.2) is 0 Å². The first-order valence-electron chi connectivity index (χ1n) is 2.99. The molecule has 0 aliphatic heterocycles. The third-order valence-electron chi connectivity index (χ3n) is 0.907. The van der Waals surface area contributed by atoms with Crippen molar-refractivity contribution in [2.45, 2.75) is 12.8 Å². The molecule has 4 nitrogen and oxygen atoms in total. The van der Waals surface area contributed by atoms with Gasteiger partial charge in [0.25, 0.3) is 0 Å². The average molecular weight is 182 g/mol. The summed E-state index contributed by atoms with van der Waals surface area (Å²) in [6.45, 7) is -0.411. The topological polar surface area (TPSA) is 52.6 Å². The number of carbonyl (C=O) groups excluding carboxylic acids is 2. The molecule has 0 saturated heterocycles. The molecule has 6 heteroatoms. The van der Waals surface area contributed by atoms with E-state index in [0.29, 0.717) is 6.92 Å². The minimum atomic E-state index is -3.58. The summed E-state index contributed by atoms with van der Waals surface area (Å²) in [5.74, 6) is -6.20. The summed E-state index contributed by atoms with van der Waals surface area (Å²) in [7, 11) is 1.06. The molecule has 0 aromatic heterocycles. The van der Waals surface area contributed by atoms with Crippen LogP contribution in [0, 0.1) is 0 Å². The SMILES string of the molecule is COC(=O)COC(=O)C(C)(F)F. The summed E-state index contributed by atoms with van der Waals surface area (Å²) < 4.78 is 32.0. The lowest BCUT2D eigenvalue weighted by atomic mass is 10.4. The summed E-state index contributed by atoms with van der Waals surface area (Å²) in [6, 6.07) is 0. The molecule has 0 spiro atoms. The summed E-state index contributed by atoms with van der Waals surface area (Å²) in [6.07, 6.45) is 0. The van der Waals surface area contributed by atoms with E-state index in [9.17, 15) is 18.4 Å². The first-order valence-corrected chi connectivity index (χ1v) is 2.99. The quantitative estimate of drug-likeness (QED) is 0.591. The normalized spacial score (nSPS) is 10.7. The van der Waals surface area contributed by atoms with Gasteiger partial charge in [-0.2, -0.15) is 8.78 Å². The molecular formula is C6H8F2O4. The van der Waals surface area contributed by atoms with E-state index >= 15 is 0 Å². The van der Waals surface area contributed by atoms with Gasteiger partial charge in [0, 0.05) is 6.92 Å². The molecule has 0 aliphatic rings. The number of alkyl halides is 2. The highest BCUT2D eigenvalue weighted by molar-refractivity contribution is 5.80. The van der Waals surface area contributed by atoms with E-state index in [0.717, 1.165) is 7.11 Å². The number of rotatable bonds is 3. The van der Waals surface area contributed by atoms with Crippen LogP contribution in [-0.2, 0) is 19.1 Å². The molecule has 0 N–H and O–H groups in total. The van der Waals surface area contributed by atoms with Gasteiger partial charge in [-0.1, -0.05) is 0 Å². The Morgan fingerprint density at radius 3 is 2.25 bits per heavy atom. The molecule has 0 aromatic carbocycles. The monoisotopic (exact) mass is 182 g/mol. The van der Waals surface area contributed by atoms with Gasteiger partial charge >= 0.3 is 17.9 Å². The van der Waals surface area contributed by atoms with Crippen molar-refractivity contribution in [3.8, 4) is 0 Å². The van der Waals surface area contributed by atoms with Gasteiger partial charge in [0.15, 0.2) is 6.61 Å². The highest BCUT2D eigenvalue weighted by Crippen LogP contribution is 2.12. The smallest absolute Gasteiger partial charge is 0.377 e. The first kappa shape index (κ1) is 10.8. The lowest BCUT2D eigenvalue weighted by Gasteiger charge is -2.08. The van der Waals surface area contributed by atoms with Crippen molar-refractivity contribution in [3.63, 3.8) is 0 Å². The highest BCUT2D eigenvalue weighted by atomic mass is 19.3. The largest absolute Gasteiger partial charge is 0.466 e. The van der Waals surface area contributed by atoms with E-state index in [1.54, 1.807) is 0 Å². The van der Waals surface area contributed by atoms with E-state index in [1.807, 2.05) is 0 Å². The van der Waals surface area contributed by atoms with Crippen LogP contribution in [0.2, 0.25) is 0 Å². The maximum absolute atomic E-state index is 12.0. The zero-order chi connectivity index (χ0) is 9.78.